The SMILES string of the molecule is CNC1CC(C)(CC2CC2)Oc2cc(OC)ccc21. The quantitative estimate of drug-likeness (QED) is 0.902. The van der Waals surface area contributed by atoms with Crippen molar-refractivity contribution in [1.29, 1.82) is 0 Å². The lowest BCUT2D eigenvalue weighted by Gasteiger charge is -2.40. The molecule has 2 unspecified atom stereocenters. The van der Waals surface area contributed by atoms with Crippen LogP contribution in [0.4, 0.5) is 0 Å². The Balaban J connectivity index is 1.90. The second-order valence-electron chi connectivity index (χ2n) is 6.15. The monoisotopic (exact) mass is 261 g/mol. The number of hydrogen-bond acceptors (Lipinski definition) is 3. The summed E-state index contributed by atoms with van der Waals surface area (Å²) in [6.45, 7) is 2.25. The molecule has 19 heavy (non-hydrogen) atoms. The summed E-state index contributed by atoms with van der Waals surface area (Å²) in [4.78, 5) is 0. The largest absolute Gasteiger partial charge is 0.497 e. The summed E-state index contributed by atoms with van der Waals surface area (Å²) < 4.78 is 11.6. The third-order valence-corrected chi connectivity index (χ3v) is 4.35. The van der Waals surface area contributed by atoms with Crippen molar-refractivity contribution in [2.24, 2.45) is 5.92 Å². The van der Waals surface area contributed by atoms with Gasteiger partial charge in [-0.05, 0) is 32.4 Å². The highest BCUT2D eigenvalue weighted by Crippen LogP contribution is 2.47. The van der Waals surface area contributed by atoms with Crippen LogP contribution in [-0.4, -0.2) is 19.8 Å². The van der Waals surface area contributed by atoms with Crippen LogP contribution in [0.15, 0.2) is 18.2 Å². The first kappa shape index (κ1) is 12.8. The van der Waals surface area contributed by atoms with Crippen molar-refractivity contribution in [2.45, 2.75) is 44.2 Å². The Kier molecular flexibility index (Phi) is 3.17. The fourth-order valence-electron chi connectivity index (χ4n) is 3.18. The van der Waals surface area contributed by atoms with E-state index in [4.69, 9.17) is 9.47 Å². The molecule has 1 N–H and O–H groups in total. The highest BCUT2D eigenvalue weighted by molar-refractivity contribution is 5.44. The van der Waals surface area contributed by atoms with E-state index in [0.717, 1.165) is 23.8 Å². The second-order valence-corrected chi connectivity index (χ2v) is 6.15. The minimum absolute atomic E-state index is 0.0474. The first-order valence-electron chi connectivity index (χ1n) is 7.18. The van der Waals surface area contributed by atoms with E-state index in [0.29, 0.717) is 6.04 Å². The summed E-state index contributed by atoms with van der Waals surface area (Å²) in [5.41, 5.74) is 1.20. The molecule has 2 atom stereocenters. The summed E-state index contributed by atoms with van der Waals surface area (Å²) in [5.74, 6) is 2.71. The number of hydrogen-bond donors (Lipinski definition) is 1. The average molecular weight is 261 g/mol. The van der Waals surface area contributed by atoms with E-state index in [1.54, 1.807) is 7.11 Å². The van der Waals surface area contributed by atoms with Crippen molar-refractivity contribution in [1.82, 2.24) is 5.32 Å². The molecule has 0 amide bonds. The number of rotatable bonds is 4. The first-order chi connectivity index (χ1) is 9.13. The van der Waals surface area contributed by atoms with Crippen molar-refractivity contribution in [3.8, 4) is 11.5 Å². The van der Waals surface area contributed by atoms with Crippen molar-refractivity contribution >= 4 is 0 Å². The number of methoxy groups -OCH3 is 1. The maximum atomic E-state index is 6.32. The number of ether oxygens (including phenoxy) is 2. The van der Waals surface area contributed by atoms with Gasteiger partial charge in [-0.2, -0.15) is 0 Å². The predicted molar refractivity (Wildman–Crippen MR) is 75.8 cm³/mol. The maximum absolute atomic E-state index is 6.32. The van der Waals surface area contributed by atoms with Gasteiger partial charge in [0.1, 0.15) is 17.1 Å². The molecule has 1 aliphatic carbocycles. The Morgan fingerprint density at radius 3 is 2.84 bits per heavy atom. The van der Waals surface area contributed by atoms with Crippen LogP contribution in [0.3, 0.4) is 0 Å². The molecule has 3 rings (SSSR count). The van der Waals surface area contributed by atoms with Gasteiger partial charge >= 0.3 is 0 Å². The zero-order chi connectivity index (χ0) is 13.5. The van der Waals surface area contributed by atoms with Crippen LogP contribution in [0.25, 0.3) is 0 Å². The second kappa shape index (κ2) is 4.71. The summed E-state index contributed by atoms with van der Waals surface area (Å²) >= 11 is 0. The number of benzene rings is 1. The topological polar surface area (TPSA) is 30.5 Å². The molecule has 0 spiro atoms. The normalized spacial score (nSPS) is 29.5. The summed E-state index contributed by atoms with van der Waals surface area (Å²) in [6.07, 6.45) is 4.95. The molecule has 1 heterocycles. The Morgan fingerprint density at radius 1 is 1.42 bits per heavy atom. The zero-order valence-electron chi connectivity index (χ0n) is 12.0. The molecule has 3 nitrogen and oxygen atoms in total. The standard InChI is InChI=1S/C16H23NO2/c1-16(9-11-4-5-11)10-14(17-2)13-7-6-12(18-3)8-15(13)19-16/h6-8,11,14,17H,4-5,9-10H2,1-3H3. The lowest BCUT2D eigenvalue weighted by atomic mass is 9.85. The smallest absolute Gasteiger partial charge is 0.128 e. The van der Waals surface area contributed by atoms with Crippen LogP contribution in [0.5, 0.6) is 11.5 Å². The molecule has 1 aromatic carbocycles. The van der Waals surface area contributed by atoms with Gasteiger partial charge in [-0.15, -0.1) is 0 Å². The predicted octanol–water partition coefficient (Wildman–Crippen LogP) is 3.30. The molecule has 0 radical (unpaired) electrons. The summed E-state index contributed by atoms with van der Waals surface area (Å²) in [6, 6.07) is 6.52. The Hall–Kier alpha value is -1.22. The summed E-state index contributed by atoms with van der Waals surface area (Å²) in [7, 11) is 3.73. The van der Waals surface area contributed by atoms with E-state index in [-0.39, 0.29) is 5.60 Å². The molecule has 1 saturated carbocycles. The van der Waals surface area contributed by atoms with E-state index < -0.39 is 0 Å². The Labute approximate surface area is 115 Å². The lowest BCUT2D eigenvalue weighted by molar-refractivity contribution is 0.0354. The highest BCUT2D eigenvalue weighted by atomic mass is 16.5. The molecule has 0 bridgehead atoms. The van der Waals surface area contributed by atoms with Gasteiger partial charge in [-0.25, -0.2) is 0 Å². The molecule has 1 fully saturated rings. The van der Waals surface area contributed by atoms with E-state index in [1.165, 1.54) is 24.8 Å². The van der Waals surface area contributed by atoms with Gasteiger partial charge in [0.25, 0.3) is 0 Å². The van der Waals surface area contributed by atoms with Crippen molar-refractivity contribution in [2.75, 3.05) is 14.2 Å². The zero-order valence-corrected chi connectivity index (χ0v) is 12.0. The molecular weight excluding hydrogens is 238 g/mol. The number of fused-ring (bicyclic) bond motifs is 1. The lowest BCUT2D eigenvalue weighted by Crippen LogP contribution is -2.41. The fourth-order valence-corrected chi connectivity index (χ4v) is 3.18. The van der Waals surface area contributed by atoms with E-state index >= 15 is 0 Å². The van der Waals surface area contributed by atoms with Crippen molar-refractivity contribution < 1.29 is 9.47 Å². The fraction of sp³-hybridized carbons (Fsp3) is 0.625. The summed E-state index contributed by atoms with van der Waals surface area (Å²) in [5, 5.41) is 3.43. The van der Waals surface area contributed by atoms with Crippen molar-refractivity contribution in [3.63, 3.8) is 0 Å². The Morgan fingerprint density at radius 2 is 2.21 bits per heavy atom. The van der Waals surface area contributed by atoms with E-state index in [1.807, 2.05) is 19.2 Å². The van der Waals surface area contributed by atoms with Crippen molar-refractivity contribution in [3.05, 3.63) is 23.8 Å². The van der Waals surface area contributed by atoms with Gasteiger partial charge in [0, 0.05) is 24.1 Å². The van der Waals surface area contributed by atoms with E-state index in [9.17, 15) is 0 Å². The van der Waals surface area contributed by atoms with Gasteiger partial charge in [-0.1, -0.05) is 18.9 Å². The molecule has 1 aliphatic heterocycles. The van der Waals surface area contributed by atoms with Gasteiger partial charge in [0.2, 0.25) is 0 Å². The molecule has 1 aromatic rings. The van der Waals surface area contributed by atoms with Gasteiger partial charge in [0.05, 0.1) is 7.11 Å². The first-order valence-corrected chi connectivity index (χ1v) is 7.18. The minimum Gasteiger partial charge on any atom is -0.497 e. The Bertz CT molecular complexity index is 470. The highest BCUT2D eigenvalue weighted by Gasteiger charge is 2.40. The minimum atomic E-state index is -0.0474. The maximum Gasteiger partial charge on any atom is 0.128 e. The molecule has 0 saturated heterocycles. The molecule has 2 aliphatic rings. The molecule has 104 valence electrons. The van der Waals surface area contributed by atoms with Gasteiger partial charge < -0.3 is 14.8 Å². The molecule has 3 heteroatoms. The van der Waals surface area contributed by atoms with Crippen LogP contribution in [0.2, 0.25) is 0 Å². The van der Waals surface area contributed by atoms with Crippen LogP contribution in [0, 0.1) is 5.92 Å². The van der Waals surface area contributed by atoms with Gasteiger partial charge in [-0.3, -0.25) is 0 Å². The van der Waals surface area contributed by atoms with E-state index in [2.05, 4.69) is 18.3 Å². The molecule has 0 aromatic heterocycles. The third-order valence-electron chi connectivity index (χ3n) is 4.35. The average Bonchev–Trinajstić information content (AvgIpc) is 3.20. The molecular formula is C16H23NO2. The van der Waals surface area contributed by atoms with Crippen LogP contribution in [-0.2, 0) is 0 Å². The van der Waals surface area contributed by atoms with Gasteiger partial charge in [0.15, 0.2) is 0 Å². The van der Waals surface area contributed by atoms with Crippen LogP contribution in [0.1, 0.15) is 44.2 Å². The van der Waals surface area contributed by atoms with Crippen LogP contribution >= 0.6 is 0 Å². The number of nitrogens with one attached hydrogen (secondary N) is 1. The third kappa shape index (κ3) is 2.57. The van der Waals surface area contributed by atoms with Crippen LogP contribution < -0.4 is 14.8 Å².